The monoisotopic (exact) mass is 295 g/mol. The maximum Gasteiger partial charge on any atom is 0.322 e. The van der Waals surface area contributed by atoms with Crippen LogP contribution in [0.15, 0.2) is 39.8 Å². The smallest absolute Gasteiger partial charge is 0.322 e. The second kappa shape index (κ2) is 4.60. The summed E-state index contributed by atoms with van der Waals surface area (Å²) in [6.45, 7) is 0.205. The first-order chi connectivity index (χ1) is 9.50. The van der Waals surface area contributed by atoms with Crippen molar-refractivity contribution in [2.24, 2.45) is 0 Å². The van der Waals surface area contributed by atoms with Crippen molar-refractivity contribution in [2.75, 3.05) is 6.54 Å². The van der Waals surface area contributed by atoms with Crippen molar-refractivity contribution in [3.8, 4) is 0 Å². The number of fused-ring (bicyclic) bond motifs is 1. The highest BCUT2D eigenvalue weighted by atomic mass is 32.2. The number of rotatable bonds is 3. The number of carbonyl (C=O) groups is 1. The summed E-state index contributed by atoms with van der Waals surface area (Å²) >= 11 is 0. The molecule has 1 aliphatic heterocycles. The normalized spacial score (nSPS) is 20.5. The number of benzene rings is 1. The van der Waals surface area contributed by atoms with Gasteiger partial charge in [-0.05, 0) is 18.9 Å². The fraction of sp³-hybridized carbons (Fsp3) is 0.308. The molecular formula is C13H13NO5S. The number of hydrogen-bond donors (Lipinski definition) is 1. The van der Waals surface area contributed by atoms with E-state index in [1.807, 2.05) is 0 Å². The minimum Gasteiger partial charge on any atom is -0.480 e. The summed E-state index contributed by atoms with van der Waals surface area (Å²) in [5.74, 6) is -1.12. The Kier molecular flexibility index (Phi) is 3.02. The van der Waals surface area contributed by atoms with Crippen LogP contribution in [-0.2, 0) is 14.8 Å². The predicted molar refractivity (Wildman–Crippen MR) is 70.8 cm³/mol. The van der Waals surface area contributed by atoms with Crippen molar-refractivity contribution in [3.05, 3.63) is 30.3 Å². The summed E-state index contributed by atoms with van der Waals surface area (Å²) in [4.78, 5) is 11.1. The van der Waals surface area contributed by atoms with Gasteiger partial charge in [-0.3, -0.25) is 4.79 Å². The van der Waals surface area contributed by atoms with E-state index in [1.165, 1.54) is 6.07 Å². The van der Waals surface area contributed by atoms with E-state index >= 15 is 0 Å². The zero-order valence-electron chi connectivity index (χ0n) is 10.5. The lowest BCUT2D eigenvalue weighted by atomic mass is 10.2. The Balaban J connectivity index is 2.05. The lowest BCUT2D eigenvalue weighted by Gasteiger charge is -2.19. The van der Waals surface area contributed by atoms with Crippen LogP contribution in [0, 0.1) is 0 Å². The van der Waals surface area contributed by atoms with Gasteiger partial charge >= 0.3 is 5.97 Å². The molecule has 2 heterocycles. The molecule has 0 spiro atoms. The molecular weight excluding hydrogens is 282 g/mol. The summed E-state index contributed by atoms with van der Waals surface area (Å²) in [5, 5.41) is 9.57. The van der Waals surface area contributed by atoms with Gasteiger partial charge in [0.05, 0.1) is 0 Å². The maximum atomic E-state index is 12.5. The molecule has 7 heteroatoms. The van der Waals surface area contributed by atoms with Crippen molar-refractivity contribution in [1.29, 1.82) is 0 Å². The van der Waals surface area contributed by atoms with Gasteiger partial charge in [0.1, 0.15) is 11.6 Å². The van der Waals surface area contributed by atoms with Crippen LogP contribution in [0.2, 0.25) is 0 Å². The fourth-order valence-electron chi connectivity index (χ4n) is 2.47. The zero-order valence-corrected chi connectivity index (χ0v) is 11.3. The molecule has 2 aromatic rings. The Morgan fingerprint density at radius 1 is 1.35 bits per heavy atom. The number of para-hydroxylation sites is 1. The van der Waals surface area contributed by atoms with Gasteiger partial charge in [-0.2, -0.15) is 4.31 Å². The highest BCUT2D eigenvalue weighted by Gasteiger charge is 2.41. The number of sulfonamides is 1. The largest absolute Gasteiger partial charge is 0.480 e. The highest BCUT2D eigenvalue weighted by molar-refractivity contribution is 7.89. The van der Waals surface area contributed by atoms with Gasteiger partial charge < -0.3 is 9.52 Å². The number of nitrogens with zero attached hydrogens (tertiary/aromatic N) is 1. The van der Waals surface area contributed by atoms with Gasteiger partial charge in [-0.25, -0.2) is 8.42 Å². The molecule has 0 amide bonds. The average molecular weight is 295 g/mol. The molecule has 0 radical (unpaired) electrons. The lowest BCUT2D eigenvalue weighted by molar-refractivity contribution is -0.140. The van der Waals surface area contributed by atoms with Crippen LogP contribution in [0.4, 0.5) is 0 Å². The van der Waals surface area contributed by atoms with Gasteiger partial charge in [0, 0.05) is 18.0 Å². The molecule has 1 aromatic carbocycles. The van der Waals surface area contributed by atoms with Crippen molar-refractivity contribution < 1.29 is 22.7 Å². The van der Waals surface area contributed by atoms with E-state index < -0.39 is 22.0 Å². The summed E-state index contributed by atoms with van der Waals surface area (Å²) in [5.41, 5.74) is 0.470. The van der Waals surface area contributed by atoms with Gasteiger partial charge in [0.15, 0.2) is 0 Å². The molecule has 0 saturated carbocycles. The third-order valence-corrected chi connectivity index (χ3v) is 5.22. The van der Waals surface area contributed by atoms with Crippen LogP contribution in [0.25, 0.3) is 11.0 Å². The van der Waals surface area contributed by atoms with E-state index in [2.05, 4.69) is 0 Å². The molecule has 1 aliphatic rings. The van der Waals surface area contributed by atoms with Crippen molar-refractivity contribution in [1.82, 2.24) is 4.31 Å². The standard InChI is InChI=1S/C13H13NO5S/c15-13(16)10-5-3-7-14(10)20(17,18)12-8-9-4-1-2-6-11(9)19-12/h1-2,4,6,8,10H,3,5,7H2,(H,15,16)/t10-/m1/s1. The Hall–Kier alpha value is -1.86. The highest BCUT2D eigenvalue weighted by Crippen LogP contribution is 2.29. The van der Waals surface area contributed by atoms with Crippen LogP contribution >= 0.6 is 0 Å². The van der Waals surface area contributed by atoms with Crippen molar-refractivity contribution in [3.63, 3.8) is 0 Å². The summed E-state index contributed by atoms with van der Waals surface area (Å²) in [6.07, 6.45) is 0.866. The molecule has 0 bridgehead atoms. The fourth-order valence-corrected chi connectivity index (χ4v) is 4.08. The third kappa shape index (κ3) is 1.99. The Labute approximate surface area is 115 Å². The first kappa shape index (κ1) is 13.1. The van der Waals surface area contributed by atoms with Crippen LogP contribution in [0.5, 0.6) is 0 Å². The topological polar surface area (TPSA) is 87.8 Å². The molecule has 1 fully saturated rings. The van der Waals surface area contributed by atoms with Gasteiger partial charge in [0.2, 0.25) is 5.09 Å². The number of furan rings is 1. The SMILES string of the molecule is O=C(O)[C@H]1CCCN1S(=O)(=O)c1cc2ccccc2o1. The minimum atomic E-state index is -3.91. The molecule has 1 saturated heterocycles. The summed E-state index contributed by atoms with van der Waals surface area (Å²) in [6, 6.07) is 7.38. The van der Waals surface area contributed by atoms with Crippen LogP contribution < -0.4 is 0 Å². The lowest BCUT2D eigenvalue weighted by Crippen LogP contribution is -2.40. The van der Waals surface area contributed by atoms with E-state index in [4.69, 9.17) is 9.52 Å². The Morgan fingerprint density at radius 3 is 2.80 bits per heavy atom. The molecule has 106 valence electrons. The molecule has 1 N–H and O–H groups in total. The number of aliphatic carboxylic acids is 1. The van der Waals surface area contributed by atoms with Crippen LogP contribution in [0.1, 0.15) is 12.8 Å². The second-order valence-corrected chi connectivity index (χ2v) is 6.54. The third-order valence-electron chi connectivity index (χ3n) is 3.45. The van der Waals surface area contributed by atoms with E-state index in [0.717, 1.165) is 4.31 Å². The Morgan fingerprint density at radius 2 is 2.10 bits per heavy atom. The molecule has 1 aromatic heterocycles. The molecule has 0 aliphatic carbocycles. The van der Waals surface area contributed by atoms with Gasteiger partial charge in [0.25, 0.3) is 10.0 Å². The predicted octanol–water partition coefficient (Wildman–Crippen LogP) is 1.67. The van der Waals surface area contributed by atoms with E-state index in [-0.39, 0.29) is 11.6 Å². The van der Waals surface area contributed by atoms with E-state index in [1.54, 1.807) is 24.3 Å². The average Bonchev–Trinajstić information content (AvgIpc) is 3.05. The first-order valence-corrected chi connectivity index (χ1v) is 7.67. The zero-order chi connectivity index (χ0) is 14.3. The summed E-state index contributed by atoms with van der Waals surface area (Å²) in [7, 11) is -3.91. The maximum absolute atomic E-state index is 12.5. The van der Waals surface area contributed by atoms with Gasteiger partial charge in [-0.15, -0.1) is 0 Å². The van der Waals surface area contributed by atoms with Crippen molar-refractivity contribution >= 4 is 27.0 Å². The minimum absolute atomic E-state index is 0.202. The second-order valence-electron chi connectivity index (χ2n) is 4.72. The van der Waals surface area contributed by atoms with Crippen LogP contribution in [0.3, 0.4) is 0 Å². The van der Waals surface area contributed by atoms with E-state index in [9.17, 15) is 13.2 Å². The number of carboxylic acid groups (broad SMARTS) is 1. The number of hydrogen-bond acceptors (Lipinski definition) is 4. The number of carboxylic acids is 1. The quantitative estimate of drug-likeness (QED) is 0.930. The molecule has 1 atom stereocenters. The molecule has 0 unspecified atom stereocenters. The molecule has 20 heavy (non-hydrogen) atoms. The van der Waals surface area contributed by atoms with Crippen LogP contribution in [-0.4, -0.2) is 36.4 Å². The first-order valence-electron chi connectivity index (χ1n) is 6.23. The van der Waals surface area contributed by atoms with E-state index in [0.29, 0.717) is 23.8 Å². The molecule has 6 nitrogen and oxygen atoms in total. The molecule has 3 rings (SSSR count). The van der Waals surface area contributed by atoms with Crippen molar-refractivity contribution in [2.45, 2.75) is 24.0 Å². The summed E-state index contributed by atoms with van der Waals surface area (Å²) < 4.78 is 31.3. The van der Waals surface area contributed by atoms with Gasteiger partial charge in [-0.1, -0.05) is 18.2 Å². The Bertz CT molecular complexity index is 731.